The van der Waals surface area contributed by atoms with Gasteiger partial charge in [-0.1, -0.05) is 7.43 Å². The van der Waals surface area contributed by atoms with Crippen molar-refractivity contribution in [3.05, 3.63) is 0 Å². The largest absolute Gasteiger partial charge is 0.631 e. The quantitative estimate of drug-likeness (QED) is 0.312. The van der Waals surface area contributed by atoms with Gasteiger partial charge in [-0.2, -0.15) is 0 Å². The van der Waals surface area contributed by atoms with Crippen LogP contribution >= 0.6 is 0 Å². The molecule has 3 nitrogen and oxygen atoms in total. The van der Waals surface area contributed by atoms with Crippen LogP contribution in [0.2, 0.25) is 0 Å². The highest BCUT2D eigenvalue weighted by molar-refractivity contribution is 6.30. The number of hydrogen-bond donors (Lipinski definition) is 3. The van der Waals surface area contributed by atoms with Crippen LogP contribution in [0.5, 0.6) is 0 Å². The van der Waals surface area contributed by atoms with Crippen LogP contribution in [-0.4, -0.2) is 22.4 Å². The van der Waals surface area contributed by atoms with Crippen molar-refractivity contribution < 1.29 is 15.1 Å². The standard InChI is InChI=1S/CH4.BH3O3/c;2-1(3)4/h1H4;2-4H. The van der Waals surface area contributed by atoms with Gasteiger partial charge in [0.25, 0.3) is 0 Å². The predicted molar refractivity (Wildman–Crippen MR) is 19.1 cm³/mol. The summed E-state index contributed by atoms with van der Waals surface area (Å²) in [6.45, 7) is 0. The van der Waals surface area contributed by atoms with Crippen molar-refractivity contribution >= 4 is 7.32 Å². The Bertz CT molecular complexity index is 11.6. The van der Waals surface area contributed by atoms with Crippen molar-refractivity contribution in [2.24, 2.45) is 0 Å². The molecule has 0 aliphatic heterocycles. The minimum absolute atomic E-state index is 0. The first kappa shape index (κ1) is 8.87. The summed E-state index contributed by atoms with van der Waals surface area (Å²) in [6.07, 6.45) is 0. The Labute approximate surface area is 31.1 Å². The summed E-state index contributed by atoms with van der Waals surface area (Å²) in [4.78, 5) is 0. The first-order valence-corrected chi connectivity index (χ1v) is 0.775. The Morgan fingerprint density at radius 3 is 1.00 bits per heavy atom. The second-order valence-electron chi connectivity index (χ2n) is 0.346. The first-order valence-electron chi connectivity index (χ1n) is 0.775. The van der Waals surface area contributed by atoms with Gasteiger partial charge in [0.05, 0.1) is 0 Å². The van der Waals surface area contributed by atoms with E-state index in [4.69, 9.17) is 15.1 Å². The van der Waals surface area contributed by atoms with Gasteiger partial charge in [-0.05, 0) is 0 Å². The van der Waals surface area contributed by atoms with E-state index in [9.17, 15) is 0 Å². The van der Waals surface area contributed by atoms with Gasteiger partial charge >= 0.3 is 7.32 Å². The molecule has 0 unspecified atom stereocenters. The van der Waals surface area contributed by atoms with E-state index in [1.807, 2.05) is 0 Å². The van der Waals surface area contributed by atoms with Gasteiger partial charge in [0.2, 0.25) is 0 Å². The average Bonchev–Trinajstić information content (AvgIpc) is 0.811. The lowest BCUT2D eigenvalue weighted by atomic mass is 10.3. The molecule has 0 atom stereocenters. The zero-order valence-corrected chi connectivity index (χ0v) is 1.92. The molecule has 0 aliphatic carbocycles. The van der Waals surface area contributed by atoms with Crippen LogP contribution < -0.4 is 0 Å². The van der Waals surface area contributed by atoms with Crippen LogP contribution in [-0.2, 0) is 0 Å². The molecule has 0 bridgehead atoms. The monoisotopic (exact) mass is 78.0 g/mol. The van der Waals surface area contributed by atoms with Crippen LogP contribution in [0.15, 0.2) is 0 Å². The summed E-state index contributed by atoms with van der Waals surface area (Å²) in [5.41, 5.74) is 0. The van der Waals surface area contributed by atoms with E-state index < -0.39 is 7.32 Å². The number of hydrogen-bond acceptors (Lipinski definition) is 3. The zero-order valence-electron chi connectivity index (χ0n) is 1.92. The smallest absolute Gasteiger partial charge is 0.402 e. The van der Waals surface area contributed by atoms with Gasteiger partial charge < -0.3 is 15.1 Å². The molecule has 0 saturated heterocycles. The molecule has 3 N–H and O–H groups in total. The van der Waals surface area contributed by atoms with Gasteiger partial charge in [0.15, 0.2) is 0 Å². The maximum absolute atomic E-state index is 7.17. The van der Waals surface area contributed by atoms with Crippen molar-refractivity contribution in [2.45, 2.75) is 7.43 Å². The molecular weight excluding hydrogens is 70.8 g/mol. The van der Waals surface area contributed by atoms with Gasteiger partial charge in [-0.3, -0.25) is 0 Å². The molecule has 0 aromatic rings. The average molecular weight is 77.9 g/mol. The van der Waals surface area contributed by atoms with Crippen LogP contribution in [0.1, 0.15) is 7.43 Å². The Morgan fingerprint density at radius 1 is 1.00 bits per heavy atom. The summed E-state index contributed by atoms with van der Waals surface area (Å²) < 4.78 is 0. The Hall–Kier alpha value is -0.0551. The third-order valence-corrected chi connectivity index (χ3v) is 0. The molecule has 4 heteroatoms. The van der Waals surface area contributed by atoms with E-state index in [2.05, 4.69) is 0 Å². The SMILES string of the molecule is C.OB(O)O. The molecule has 0 fully saturated rings. The highest BCUT2D eigenvalue weighted by atomic mass is 16.5. The van der Waals surface area contributed by atoms with Crippen molar-refractivity contribution in [3.8, 4) is 0 Å². The maximum atomic E-state index is 7.17. The van der Waals surface area contributed by atoms with Gasteiger partial charge in [0, 0.05) is 0 Å². The summed E-state index contributed by atoms with van der Waals surface area (Å²) >= 11 is 0. The molecule has 0 saturated carbocycles. The molecule has 0 radical (unpaired) electrons. The third-order valence-electron chi connectivity index (χ3n) is 0. The van der Waals surface area contributed by atoms with E-state index in [-0.39, 0.29) is 7.43 Å². The fraction of sp³-hybridized carbons (Fsp3) is 1.00. The van der Waals surface area contributed by atoms with E-state index >= 15 is 0 Å². The Balaban J connectivity index is 0. The van der Waals surface area contributed by atoms with E-state index in [1.54, 1.807) is 0 Å². The molecule has 0 aromatic heterocycles. The van der Waals surface area contributed by atoms with E-state index in [0.717, 1.165) is 0 Å². The lowest BCUT2D eigenvalue weighted by Gasteiger charge is -1.69. The summed E-state index contributed by atoms with van der Waals surface area (Å²) in [5.74, 6) is 0. The van der Waals surface area contributed by atoms with Crippen molar-refractivity contribution in [3.63, 3.8) is 0 Å². The molecule has 0 heterocycles. The summed E-state index contributed by atoms with van der Waals surface area (Å²) in [5, 5.41) is 21.5. The zero-order chi connectivity index (χ0) is 3.58. The summed E-state index contributed by atoms with van der Waals surface area (Å²) in [7, 11) is -2.17. The van der Waals surface area contributed by atoms with E-state index in [1.165, 1.54) is 0 Å². The second kappa shape index (κ2) is 3.94. The minimum Gasteiger partial charge on any atom is -0.402 e. The van der Waals surface area contributed by atoms with Crippen LogP contribution in [0, 0.1) is 0 Å². The summed E-state index contributed by atoms with van der Waals surface area (Å²) in [6, 6.07) is 0. The fourth-order valence-electron chi connectivity index (χ4n) is 0. The first-order chi connectivity index (χ1) is 1.73. The van der Waals surface area contributed by atoms with Crippen LogP contribution in [0.25, 0.3) is 0 Å². The third kappa shape index (κ3) is 4920. The maximum Gasteiger partial charge on any atom is 0.631 e. The van der Waals surface area contributed by atoms with Crippen molar-refractivity contribution in [2.75, 3.05) is 0 Å². The Morgan fingerprint density at radius 2 is 1.00 bits per heavy atom. The second-order valence-corrected chi connectivity index (χ2v) is 0.346. The van der Waals surface area contributed by atoms with E-state index in [0.29, 0.717) is 0 Å². The van der Waals surface area contributed by atoms with Crippen molar-refractivity contribution in [1.82, 2.24) is 0 Å². The molecular formula is CH7BO3. The molecule has 0 spiro atoms. The topological polar surface area (TPSA) is 60.7 Å². The van der Waals surface area contributed by atoms with Gasteiger partial charge in [0.1, 0.15) is 0 Å². The molecule has 0 aromatic carbocycles. The Kier molecular flexibility index (Phi) is 7.00. The lowest BCUT2D eigenvalue weighted by molar-refractivity contribution is 0.278. The molecule has 32 valence electrons. The molecule has 0 rings (SSSR count). The van der Waals surface area contributed by atoms with Crippen LogP contribution in [0.3, 0.4) is 0 Å². The highest BCUT2D eigenvalue weighted by Crippen LogP contribution is 1.40. The van der Waals surface area contributed by atoms with Crippen LogP contribution in [0.4, 0.5) is 0 Å². The normalized spacial score (nSPS) is 5.40. The minimum atomic E-state index is -2.17. The number of rotatable bonds is 0. The predicted octanol–water partition coefficient (Wildman–Crippen LogP) is -1.42. The van der Waals surface area contributed by atoms with Crippen molar-refractivity contribution in [1.29, 1.82) is 0 Å². The lowest BCUT2D eigenvalue weighted by Crippen LogP contribution is -2.07. The highest BCUT2D eigenvalue weighted by Gasteiger charge is 1.92. The molecule has 0 aliphatic rings. The molecule has 0 amide bonds. The molecule has 5 heavy (non-hydrogen) atoms. The van der Waals surface area contributed by atoms with Gasteiger partial charge in [-0.15, -0.1) is 0 Å². The van der Waals surface area contributed by atoms with Gasteiger partial charge in [-0.25, -0.2) is 0 Å². The fourth-order valence-corrected chi connectivity index (χ4v) is 0.